The summed E-state index contributed by atoms with van der Waals surface area (Å²) in [5.41, 5.74) is 1.43. The number of likely N-dealkylation sites (N-methyl/N-ethyl adjacent to an activating group) is 1. The fourth-order valence-corrected chi connectivity index (χ4v) is 3.55. The normalized spacial score (nSPS) is 11.7. The van der Waals surface area contributed by atoms with Crippen molar-refractivity contribution in [3.63, 3.8) is 0 Å². The van der Waals surface area contributed by atoms with Crippen LogP contribution in [-0.4, -0.2) is 35.6 Å². The molecule has 2 aromatic carbocycles. The number of nitrogens with zero attached hydrogens (tertiary/aromatic N) is 1. The fraction of sp³-hybridized carbons (Fsp3) is 0.300. The number of thioether (sulfide) groups is 1. The third-order valence-corrected chi connectivity index (χ3v) is 5.34. The van der Waals surface area contributed by atoms with Crippen molar-refractivity contribution >= 4 is 35.2 Å². The first-order valence-corrected chi connectivity index (χ1v) is 10.0. The molecule has 4 nitrogen and oxygen atoms in total. The first-order valence-electron chi connectivity index (χ1n) is 8.49. The van der Waals surface area contributed by atoms with E-state index in [9.17, 15) is 14.0 Å². The van der Waals surface area contributed by atoms with Crippen LogP contribution in [0.5, 0.6) is 0 Å². The van der Waals surface area contributed by atoms with E-state index in [2.05, 4.69) is 5.32 Å². The van der Waals surface area contributed by atoms with Crippen LogP contribution in [0, 0.1) is 5.82 Å². The lowest BCUT2D eigenvalue weighted by molar-refractivity contribution is -0.138. The summed E-state index contributed by atoms with van der Waals surface area (Å²) >= 11 is 7.23. The Hall–Kier alpha value is -2.05. The largest absolute Gasteiger partial charge is 0.357 e. The second kappa shape index (κ2) is 10.3. The lowest BCUT2D eigenvalue weighted by Gasteiger charge is -2.28. The maximum Gasteiger partial charge on any atom is 0.242 e. The molecule has 0 aliphatic carbocycles. The van der Waals surface area contributed by atoms with Gasteiger partial charge in [0.2, 0.25) is 11.8 Å². The SMILES string of the molecule is CNC(=O)[C@@H](C)N(Cc1ccc(Cl)cc1)C(=O)CSCc1ccccc1F. The molecule has 0 saturated carbocycles. The van der Waals surface area contributed by atoms with Crippen LogP contribution in [0.2, 0.25) is 5.02 Å². The van der Waals surface area contributed by atoms with Crippen LogP contribution < -0.4 is 5.32 Å². The highest BCUT2D eigenvalue weighted by molar-refractivity contribution is 7.99. The van der Waals surface area contributed by atoms with Gasteiger partial charge in [-0.3, -0.25) is 9.59 Å². The molecule has 144 valence electrons. The molecule has 0 fully saturated rings. The summed E-state index contributed by atoms with van der Waals surface area (Å²) < 4.78 is 13.7. The van der Waals surface area contributed by atoms with Gasteiger partial charge in [0.1, 0.15) is 11.9 Å². The van der Waals surface area contributed by atoms with E-state index in [-0.39, 0.29) is 23.4 Å². The van der Waals surface area contributed by atoms with Crippen molar-refractivity contribution in [3.05, 3.63) is 70.5 Å². The van der Waals surface area contributed by atoms with Gasteiger partial charge in [-0.15, -0.1) is 11.8 Å². The maximum atomic E-state index is 13.7. The topological polar surface area (TPSA) is 49.4 Å². The monoisotopic (exact) mass is 408 g/mol. The van der Waals surface area contributed by atoms with Crippen LogP contribution in [-0.2, 0) is 21.9 Å². The Balaban J connectivity index is 2.04. The lowest BCUT2D eigenvalue weighted by atomic mass is 10.1. The molecule has 0 saturated heterocycles. The van der Waals surface area contributed by atoms with E-state index < -0.39 is 6.04 Å². The van der Waals surface area contributed by atoms with Crippen molar-refractivity contribution in [3.8, 4) is 0 Å². The van der Waals surface area contributed by atoms with E-state index in [4.69, 9.17) is 11.6 Å². The maximum absolute atomic E-state index is 13.7. The summed E-state index contributed by atoms with van der Waals surface area (Å²) in [6.07, 6.45) is 0. The molecular weight excluding hydrogens is 387 g/mol. The fourth-order valence-electron chi connectivity index (χ4n) is 2.52. The summed E-state index contributed by atoms with van der Waals surface area (Å²) in [4.78, 5) is 26.3. The zero-order valence-corrected chi connectivity index (χ0v) is 16.8. The molecular formula is C20H22ClFN2O2S. The van der Waals surface area contributed by atoms with Gasteiger partial charge in [-0.2, -0.15) is 0 Å². The van der Waals surface area contributed by atoms with Crippen molar-refractivity contribution in [2.75, 3.05) is 12.8 Å². The van der Waals surface area contributed by atoms with Crippen LogP contribution >= 0.6 is 23.4 Å². The smallest absolute Gasteiger partial charge is 0.242 e. The van der Waals surface area contributed by atoms with Crippen LogP contribution in [0.15, 0.2) is 48.5 Å². The van der Waals surface area contributed by atoms with Crippen LogP contribution in [0.25, 0.3) is 0 Å². The molecule has 1 atom stereocenters. The highest BCUT2D eigenvalue weighted by Crippen LogP contribution is 2.18. The summed E-state index contributed by atoms with van der Waals surface area (Å²) in [5.74, 6) is -0.154. The number of carbonyl (C=O) groups is 2. The Bertz CT molecular complexity index is 786. The number of carbonyl (C=O) groups excluding carboxylic acids is 2. The van der Waals surface area contributed by atoms with Gasteiger partial charge < -0.3 is 10.2 Å². The minimum absolute atomic E-state index is 0.156. The van der Waals surface area contributed by atoms with E-state index in [1.165, 1.54) is 29.8 Å². The second-order valence-electron chi connectivity index (χ2n) is 6.02. The standard InChI is InChI=1S/C20H22ClFN2O2S/c1-14(20(26)23-2)24(11-15-7-9-17(21)10-8-15)19(25)13-27-12-16-5-3-4-6-18(16)22/h3-10,14H,11-13H2,1-2H3,(H,23,26)/t14-/m1/s1. The van der Waals surface area contributed by atoms with Gasteiger partial charge in [-0.25, -0.2) is 4.39 Å². The number of amides is 2. The predicted octanol–water partition coefficient (Wildman–Crippen LogP) is 3.88. The predicted molar refractivity (Wildman–Crippen MR) is 108 cm³/mol. The number of hydrogen-bond acceptors (Lipinski definition) is 3. The minimum Gasteiger partial charge on any atom is -0.357 e. The van der Waals surface area contributed by atoms with Crippen molar-refractivity contribution in [1.29, 1.82) is 0 Å². The molecule has 2 amide bonds. The average Bonchev–Trinajstić information content (AvgIpc) is 2.67. The van der Waals surface area contributed by atoms with Gasteiger partial charge in [0.15, 0.2) is 0 Å². The summed E-state index contributed by atoms with van der Waals surface area (Å²) in [6.45, 7) is 1.99. The highest BCUT2D eigenvalue weighted by Gasteiger charge is 2.25. The van der Waals surface area contributed by atoms with Crippen molar-refractivity contribution in [2.24, 2.45) is 0 Å². The average molecular weight is 409 g/mol. The second-order valence-corrected chi connectivity index (χ2v) is 7.44. The number of rotatable bonds is 8. The molecule has 7 heteroatoms. The van der Waals surface area contributed by atoms with Gasteiger partial charge in [0.05, 0.1) is 5.75 Å². The Morgan fingerprint density at radius 2 is 1.85 bits per heavy atom. The zero-order chi connectivity index (χ0) is 19.8. The molecule has 0 unspecified atom stereocenters. The molecule has 0 aliphatic rings. The van der Waals surface area contributed by atoms with E-state index >= 15 is 0 Å². The van der Waals surface area contributed by atoms with Crippen LogP contribution in [0.1, 0.15) is 18.1 Å². The molecule has 1 N–H and O–H groups in total. The number of nitrogens with one attached hydrogen (secondary N) is 1. The first kappa shape index (κ1) is 21.3. The van der Waals surface area contributed by atoms with Crippen molar-refractivity contribution in [2.45, 2.75) is 25.3 Å². The molecule has 0 spiro atoms. The Kier molecular flexibility index (Phi) is 8.13. The molecule has 0 aromatic heterocycles. The Morgan fingerprint density at radius 1 is 1.19 bits per heavy atom. The van der Waals surface area contributed by atoms with E-state index in [1.807, 2.05) is 12.1 Å². The van der Waals surface area contributed by atoms with Gasteiger partial charge in [0.25, 0.3) is 0 Å². The van der Waals surface area contributed by atoms with E-state index in [0.717, 1.165) is 5.56 Å². The molecule has 0 aliphatic heterocycles. The highest BCUT2D eigenvalue weighted by atomic mass is 35.5. The van der Waals surface area contributed by atoms with Gasteiger partial charge in [-0.1, -0.05) is 41.9 Å². The quantitative estimate of drug-likeness (QED) is 0.721. The number of halogens is 2. The van der Waals surface area contributed by atoms with E-state index in [0.29, 0.717) is 22.9 Å². The molecule has 2 rings (SSSR count). The van der Waals surface area contributed by atoms with Crippen LogP contribution in [0.4, 0.5) is 4.39 Å². The molecule has 0 bridgehead atoms. The molecule has 27 heavy (non-hydrogen) atoms. The Labute approximate surface area is 168 Å². The third-order valence-electron chi connectivity index (χ3n) is 4.12. The van der Waals surface area contributed by atoms with Crippen molar-refractivity contribution < 1.29 is 14.0 Å². The number of benzene rings is 2. The van der Waals surface area contributed by atoms with Gasteiger partial charge >= 0.3 is 0 Å². The van der Waals surface area contributed by atoms with E-state index in [1.54, 1.807) is 37.3 Å². The summed E-state index contributed by atoms with van der Waals surface area (Å²) in [5, 5.41) is 3.18. The molecule has 2 aromatic rings. The number of hydrogen-bond donors (Lipinski definition) is 1. The molecule has 0 heterocycles. The van der Waals surface area contributed by atoms with Gasteiger partial charge in [-0.05, 0) is 36.2 Å². The Morgan fingerprint density at radius 3 is 2.48 bits per heavy atom. The summed E-state index contributed by atoms with van der Waals surface area (Å²) in [7, 11) is 1.54. The first-order chi connectivity index (χ1) is 12.9. The summed E-state index contributed by atoms with van der Waals surface area (Å²) in [6, 6.07) is 13.0. The third kappa shape index (κ3) is 6.26. The lowest BCUT2D eigenvalue weighted by Crippen LogP contribution is -2.47. The van der Waals surface area contributed by atoms with Crippen LogP contribution in [0.3, 0.4) is 0 Å². The minimum atomic E-state index is -0.618. The van der Waals surface area contributed by atoms with Gasteiger partial charge in [0, 0.05) is 24.4 Å². The van der Waals surface area contributed by atoms with Crippen molar-refractivity contribution in [1.82, 2.24) is 10.2 Å². The zero-order valence-electron chi connectivity index (χ0n) is 15.2. The molecule has 0 radical (unpaired) electrons.